The molecule has 2 N–H and O–H groups in total. The summed E-state index contributed by atoms with van der Waals surface area (Å²) < 4.78 is 1.58. The minimum atomic E-state index is -0.466. The van der Waals surface area contributed by atoms with Crippen molar-refractivity contribution in [3.8, 4) is 5.69 Å². The fourth-order valence-electron chi connectivity index (χ4n) is 2.63. The van der Waals surface area contributed by atoms with Crippen LogP contribution in [-0.4, -0.2) is 36.8 Å². The number of para-hydroxylation sites is 1. The van der Waals surface area contributed by atoms with Crippen molar-refractivity contribution in [1.82, 2.24) is 25.1 Å². The molecule has 0 spiro atoms. The van der Waals surface area contributed by atoms with Gasteiger partial charge < -0.3 is 4.98 Å². The van der Waals surface area contributed by atoms with Crippen LogP contribution in [0.3, 0.4) is 0 Å². The second-order valence-electron chi connectivity index (χ2n) is 5.56. The average Bonchev–Trinajstić information content (AvgIpc) is 3.03. The fraction of sp³-hybridized carbons (Fsp3) is 0.188. The highest BCUT2D eigenvalue weighted by Gasteiger charge is 2.28. The van der Waals surface area contributed by atoms with Crippen LogP contribution in [-0.2, 0) is 9.59 Å². The van der Waals surface area contributed by atoms with Crippen LogP contribution in [0.1, 0.15) is 12.8 Å². The highest BCUT2D eigenvalue weighted by molar-refractivity contribution is 8.00. The van der Waals surface area contributed by atoms with Crippen molar-refractivity contribution in [2.24, 2.45) is 0 Å². The van der Waals surface area contributed by atoms with Crippen molar-refractivity contribution < 1.29 is 9.59 Å². The molecule has 1 saturated heterocycles. The van der Waals surface area contributed by atoms with E-state index in [9.17, 15) is 14.4 Å². The van der Waals surface area contributed by atoms with E-state index in [1.807, 2.05) is 30.3 Å². The number of aromatic amines is 1. The number of H-pyrrole nitrogens is 1. The van der Waals surface area contributed by atoms with Crippen LogP contribution in [0.2, 0.25) is 0 Å². The van der Waals surface area contributed by atoms with E-state index in [-0.39, 0.29) is 23.8 Å². The van der Waals surface area contributed by atoms with Crippen LogP contribution in [0.15, 0.2) is 46.5 Å². The lowest BCUT2D eigenvalue weighted by atomic mass is 10.1. The number of rotatable bonds is 3. The van der Waals surface area contributed by atoms with E-state index in [2.05, 4.69) is 20.4 Å². The number of aromatic nitrogens is 4. The molecule has 1 unspecified atom stereocenters. The lowest BCUT2D eigenvalue weighted by Gasteiger charge is -2.19. The van der Waals surface area contributed by atoms with Crippen molar-refractivity contribution in [1.29, 1.82) is 0 Å². The van der Waals surface area contributed by atoms with Gasteiger partial charge in [0, 0.05) is 6.42 Å². The minimum Gasteiger partial charge on any atom is -0.301 e. The van der Waals surface area contributed by atoms with Gasteiger partial charge in [-0.25, -0.2) is 9.67 Å². The van der Waals surface area contributed by atoms with E-state index in [1.165, 1.54) is 6.20 Å². The van der Waals surface area contributed by atoms with E-state index < -0.39 is 5.25 Å². The molecule has 9 heteroatoms. The Balaban J connectivity index is 1.72. The Morgan fingerprint density at radius 1 is 1.16 bits per heavy atom. The predicted molar refractivity (Wildman–Crippen MR) is 91.5 cm³/mol. The normalized spacial score (nSPS) is 17.7. The second-order valence-corrected chi connectivity index (χ2v) is 6.75. The number of hydrogen-bond acceptors (Lipinski definition) is 6. The number of benzene rings is 1. The van der Waals surface area contributed by atoms with Crippen LogP contribution in [0.4, 0.5) is 0 Å². The van der Waals surface area contributed by atoms with Gasteiger partial charge in [-0.05, 0) is 18.6 Å². The molecule has 3 heterocycles. The molecule has 1 fully saturated rings. The van der Waals surface area contributed by atoms with E-state index >= 15 is 0 Å². The van der Waals surface area contributed by atoms with Crippen LogP contribution in [0.5, 0.6) is 0 Å². The van der Waals surface area contributed by atoms with Crippen LogP contribution in [0.25, 0.3) is 16.7 Å². The number of piperidine rings is 1. The van der Waals surface area contributed by atoms with E-state index in [4.69, 9.17) is 0 Å². The van der Waals surface area contributed by atoms with Gasteiger partial charge in [0.2, 0.25) is 11.8 Å². The van der Waals surface area contributed by atoms with Crippen molar-refractivity contribution >= 4 is 34.6 Å². The monoisotopic (exact) mass is 355 g/mol. The van der Waals surface area contributed by atoms with Gasteiger partial charge in [-0.2, -0.15) is 5.10 Å². The number of thioether (sulfide) groups is 1. The molecule has 1 aliphatic heterocycles. The standard InChI is InChI=1S/C16H13N5O3S/c22-12-7-6-11(15(24)18-12)25-16-19-13-10(14(23)20-16)8-17-21(13)9-4-2-1-3-5-9/h1-5,8,11H,6-7H2,(H,18,22,24)(H,19,20,23). The molecule has 2 amide bonds. The lowest BCUT2D eigenvalue weighted by Crippen LogP contribution is -2.42. The van der Waals surface area contributed by atoms with Crippen molar-refractivity contribution in [3.63, 3.8) is 0 Å². The van der Waals surface area contributed by atoms with Crippen LogP contribution >= 0.6 is 11.8 Å². The van der Waals surface area contributed by atoms with Gasteiger partial charge >= 0.3 is 0 Å². The number of imide groups is 1. The van der Waals surface area contributed by atoms with Gasteiger partial charge in [-0.15, -0.1) is 0 Å². The first kappa shape index (κ1) is 15.6. The first-order valence-corrected chi connectivity index (χ1v) is 8.53. The summed E-state index contributed by atoms with van der Waals surface area (Å²) in [6, 6.07) is 9.36. The maximum atomic E-state index is 12.3. The summed E-state index contributed by atoms with van der Waals surface area (Å²) in [5.74, 6) is -0.638. The Bertz CT molecular complexity index is 1030. The number of carbonyl (C=O) groups excluding carboxylic acids is 2. The number of nitrogens with zero attached hydrogens (tertiary/aromatic N) is 3. The van der Waals surface area contributed by atoms with Gasteiger partial charge in [0.1, 0.15) is 5.39 Å². The molecule has 4 rings (SSSR count). The summed E-state index contributed by atoms with van der Waals surface area (Å²) in [5.41, 5.74) is 0.888. The second kappa shape index (κ2) is 6.17. The summed E-state index contributed by atoms with van der Waals surface area (Å²) in [6.45, 7) is 0. The van der Waals surface area contributed by atoms with Crippen molar-refractivity contribution in [2.45, 2.75) is 23.2 Å². The van der Waals surface area contributed by atoms with Crippen molar-refractivity contribution in [2.75, 3.05) is 0 Å². The highest BCUT2D eigenvalue weighted by Crippen LogP contribution is 2.26. The summed E-state index contributed by atoms with van der Waals surface area (Å²) in [4.78, 5) is 42.6. The van der Waals surface area contributed by atoms with E-state index in [0.29, 0.717) is 22.6 Å². The Morgan fingerprint density at radius 3 is 2.72 bits per heavy atom. The molecule has 0 bridgehead atoms. The molecular formula is C16H13N5O3S. The third kappa shape index (κ3) is 2.93. The van der Waals surface area contributed by atoms with Gasteiger partial charge in [0.25, 0.3) is 5.56 Å². The molecule has 3 aromatic rings. The maximum absolute atomic E-state index is 12.3. The molecule has 126 valence electrons. The average molecular weight is 355 g/mol. The third-order valence-corrected chi connectivity index (χ3v) is 5.01. The van der Waals surface area contributed by atoms with Gasteiger partial charge in [-0.3, -0.25) is 19.7 Å². The largest absolute Gasteiger partial charge is 0.301 e. The molecule has 0 radical (unpaired) electrons. The summed E-state index contributed by atoms with van der Waals surface area (Å²) >= 11 is 1.14. The summed E-state index contributed by atoms with van der Waals surface area (Å²) in [5, 5.41) is 6.77. The zero-order valence-corrected chi connectivity index (χ0v) is 13.7. The zero-order valence-electron chi connectivity index (χ0n) is 12.9. The van der Waals surface area contributed by atoms with E-state index in [1.54, 1.807) is 4.68 Å². The smallest absolute Gasteiger partial charge is 0.262 e. The van der Waals surface area contributed by atoms with Crippen molar-refractivity contribution in [3.05, 3.63) is 46.9 Å². The Labute approximate surface area is 145 Å². The number of fused-ring (bicyclic) bond motifs is 1. The first-order valence-electron chi connectivity index (χ1n) is 7.65. The molecular weight excluding hydrogens is 342 g/mol. The number of carbonyl (C=O) groups is 2. The number of nitrogens with one attached hydrogen (secondary N) is 2. The molecule has 25 heavy (non-hydrogen) atoms. The quantitative estimate of drug-likeness (QED) is 0.536. The first-order chi connectivity index (χ1) is 12.1. The summed E-state index contributed by atoms with van der Waals surface area (Å²) in [6.07, 6.45) is 2.15. The van der Waals surface area contributed by atoms with E-state index in [0.717, 1.165) is 17.4 Å². The Kier molecular flexibility index (Phi) is 3.85. The molecule has 1 atom stereocenters. The van der Waals surface area contributed by atoms with Gasteiger partial charge in [0.15, 0.2) is 10.8 Å². The molecule has 8 nitrogen and oxygen atoms in total. The van der Waals surface area contributed by atoms with Gasteiger partial charge in [-0.1, -0.05) is 30.0 Å². The molecule has 1 aromatic carbocycles. The molecule has 0 aliphatic carbocycles. The maximum Gasteiger partial charge on any atom is 0.262 e. The highest BCUT2D eigenvalue weighted by atomic mass is 32.2. The molecule has 2 aromatic heterocycles. The summed E-state index contributed by atoms with van der Waals surface area (Å²) in [7, 11) is 0. The Hall–Kier alpha value is -2.94. The number of hydrogen-bond donors (Lipinski definition) is 2. The number of amides is 2. The third-order valence-electron chi connectivity index (χ3n) is 3.86. The minimum absolute atomic E-state index is 0.276. The molecule has 1 aliphatic rings. The zero-order chi connectivity index (χ0) is 17.4. The Morgan fingerprint density at radius 2 is 1.96 bits per heavy atom. The topological polar surface area (TPSA) is 110 Å². The predicted octanol–water partition coefficient (Wildman–Crippen LogP) is 1.01. The van der Waals surface area contributed by atoms with Crippen LogP contribution in [0, 0.1) is 0 Å². The SMILES string of the molecule is O=C1CCC(Sc2nc3c(cnn3-c3ccccc3)c(=O)[nH]2)C(=O)N1. The van der Waals surface area contributed by atoms with Gasteiger partial charge in [0.05, 0.1) is 17.1 Å². The van der Waals surface area contributed by atoms with Crippen LogP contribution < -0.4 is 10.9 Å². The lowest BCUT2D eigenvalue weighted by molar-refractivity contribution is -0.132. The fourth-order valence-corrected chi connectivity index (χ4v) is 3.60. The molecule has 0 saturated carbocycles.